The lowest BCUT2D eigenvalue weighted by Gasteiger charge is -2.19. The first-order valence-corrected chi connectivity index (χ1v) is 32.8. The number of carbonyl (C=O) groups excluding carboxylic acids is 2. The number of esters is 2. The molecule has 0 aromatic rings. The lowest BCUT2D eigenvalue weighted by Crippen LogP contribution is -2.29. The Bertz CT molecular complexity index is 1390. The molecule has 2 atom stereocenters. The Morgan fingerprint density at radius 3 is 1.08 bits per heavy atom. The molecule has 0 saturated heterocycles. The highest BCUT2D eigenvalue weighted by molar-refractivity contribution is 7.47. The number of unbranched alkanes of at least 4 members (excludes halogenated alkanes) is 36. The number of ether oxygens (including phenoxy) is 2. The first-order valence-electron chi connectivity index (χ1n) is 31.3. The van der Waals surface area contributed by atoms with Crippen LogP contribution in [0.2, 0.25) is 0 Å². The summed E-state index contributed by atoms with van der Waals surface area (Å²) in [6.45, 7) is 3.70. The van der Waals surface area contributed by atoms with E-state index in [-0.39, 0.29) is 32.6 Å². The summed E-state index contributed by atoms with van der Waals surface area (Å²) in [5.74, 6) is -0.834. The number of phosphoric acid groups is 1. The Labute approximate surface area is 457 Å². The van der Waals surface area contributed by atoms with Crippen LogP contribution < -0.4 is 5.73 Å². The Morgan fingerprint density at radius 2 is 0.716 bits per heavy atom. The summed E-state index contributed by atoms with van der Waals surface area (Å²) in [4.78, 5) is 35.1. The number of allylic oxidation sites excluding steroid dienone is 10. The highest BCUT2D eigenvalue weighted by Crippen LogP contribution is 2.43. The van der Waals surface area contributed by atoms with Gasteiger partial charge in [0.25, 0.3) is 0 Å². The van der Waals surface area contributed by atoms with E-state index in [2.05, 4.69) is 74.6 Å². The number of carbonyl (C=O) groups is 2. The van der Waals surface area contributed by atoms with Gasteiger partial charge in [0.05, 0.1) is 13.2 Å². The number of hydrogen-bond donors (Lipinski definition) is 2. The molecule has 0 aromatic heterocycles. The predicted molar refractivity (Wildman–Crippen MR) is 316 cm³/mol. The molecule has 0 fully saturated rings. The minimum Gasteiger partial charge on any atom is -0.462 e. The normalized spacial score (nSPS) is 13.4. The van der Waals surface area contributed by atoms with Crippen LogP contribution in [-0.2, 0) is 32.7 Å². The van der Waals surface area contributed by atoms with E-state index in [4.69, 9.17) is 24.3 Å². The van der Waals surface area contributed by atoms with Crippen LogP contribution in [0, 0.1) is 0 Å². The van der Waals surface area contributed by atoms with Gasteiger partial charge in [-0.05, 0) is 77.0 Å². The molecule has 0 saturated carbocycles. The molecule has 0 rings (SSSR count). The summed E-state index contributed by atoms with van der Waals surface area (Å²) in [7, 11) is -4.39. The summed E-state index contributed by atoms with van der Waals surface area (Å²) >= 11 is 0. The minimum absolute atomic E-state index is 0.0515. The Balaban J connectivity index is 3.77. The first-order chi connectivity index (χ1) is 36.3. The van der Waals surface area contributed by atoms with E-state index >= 15 is 0 Å². The molecular weight excluding hydrogens is 942 g/mol. The van der Waals surface area contributed by atoms with Crippen molar-refractivity contribution in [3.8, 4) is 0 Å². The van der Waals surface area contributed by atoms with Crippen molar-refractivity contribution in [2.75, 3.05) is 26.4 Å². The van der Waals surface area contributed by atoms with Crippen LogP contribution >= 0.6 is 7.82 Å². The lowest BCUT2D eigenvalue weighted by molar-refractivity contribution is -0.161. The fraction of sp³-hybridized carbons (Fsp3) is 0.812. The van der Waals surface area contributed by atoms with Gasteiger partial charge in [-0.2, -0.15) is 0 Å². The van der Waals surface area contributed by atoms with Crippen molar-refractivity contribution < 1.29 is 37.6 Å². The zero-order valence-corrected chi connectivity index (χ0v) is 49.2. The maximum Gasteiger partial charge on any atom is 0.472 e. The fourth-order valence-electron chi connectivity index (χ4n) is 8.96. The van der Waals surface area contributed by atoms with Crippen molar-refractivity contribution >= 4 is 19.8 Å². The molecule has 9 nitrogen and oxygen atoms in total. The molecule has 0 radical (unpaired) electrons. The van der Waals surface area contributed by atoms with Crippen molar-refractivity contribution in [1.82, 2.24) is 0 Å². The largest absolute Gasteiger partial charge is 0.472 e. The molecule has 0 aliphatic rings. The van der Waals surface area contributed by atoms with Gasteiger partial charge in [0.2, 0.25) is 0 Å². The zero-order chi connectivity index (χ0) is 53.8. The van der Waals surface area contributed by atoms with Gasteiger partial charge in [0, 0.05) is 19.4 Å². The van der Waals surface area contributed by atoms with Crippen LogP contribution in [0.25, 0.3) is 0 Å². The molecule has 0 aromatic carbocycles. The molecule has 0 heterocycles. The van der Waals surface area contributed by atoms with Crippen molar-refractivity contribution in [3.63, 3.8) is 0 Å². The van der Waals surface area contributed by atoms with Crippen LogP contribution in [0.15, 0.2) is 60.8 Å². The summed E-state index contributed by atoms with van der Waals surface area (Å²) < 4.78 is 33.0. The SMILES string of the molecule is CCCC/C=C\C/C=C\CCCCCCCC(=O)OCC(COP(=O)(O)OCCN)OC(=O)CCCCCCCCCCCCCCCCCCCCCCCCCC/C=C\C/C=C\C/C=C\CCCCCCC. The number of hydrogen-bond acceptors (Lipinski definition) is 8. The summed E-state index contributed by atoms with van der Waals surface area (Å²) in [6, 6.07) is 0. The predicted octanol–water partition coefficient (Wildman–Crippen LogP) is 19.9. The molecule has 74 heavy (non-hydrogen) atoms. The highest BCUT2D eigenvalue weighted by Gasteiger charge is 2.26. The Morgan fingerprint density at radius 1 is 0.405 bits per heavy atom. The van der Waals surface area contributed by atoms with Crippen LogP contribution in [0.1, 0.15) is 303 Å². The van der Waals surface area contributed by atoms with E-state index in [1.54, 1.807) is 0 Å². The maximum absolute atomic E-state index is 12.7. The summed E-state index contributed by atoms with van der Waals surface area (Å²) in [5.41, 5.74) is 5.38. The van der Waals surface area contributed by atoms with E-state index in [1.807, 2.05) is 0 Å². The van der Waals surface area contributed by atoms with Gasteiger partial charge < -0.3 is 20.1 Å². The number of nitrogens with two attached hydrogens (primary N) is 1. The molecule has 3 N–H and O–H groups in total. The van der Waals surface area contributed by atoms with E-state index in [9.17, 15) is 19.0 Å². The van der Waals surface area contributed by atoms with E-state index in [0.717, 1.165) is 70.6 Å². The second kappa shape index (κ2) is 59.9. The summed E-state index contributed by atoms with van der Waals surface area (Å²) in [5, 5.41) is 0. The molecule has 2 unspecified atom stereocenters. The molecule has 0 amide bonds. The van der Waals surface area contributed by atoms with Crippen LogP contribution in [-0.4, -0.2) is 49.3 Å². The molecule has 0 bridgehead atoms. The fourth-order valence-corrected chi connectivity index (χ4v) is 9.72. The van der Waals surface area contributed by atoms with E-state index in [0.29, 0.717) is 12.8 Å². The average molecular weight is 1060 g/mol. The second-order valence-electron chi connectivity index (χ2n) is 20.9. The van der Waals surface area contributed by atoms with Crippen molar-refractivity contribution in [3.05, 3.63) is 60.8 Å². The standard InChI is InChI=1S/C64H118NO8P/c1-3-5-7-9-11-13-15-17-19-20-21-22-23-24-25-26-27-28-29-30-31-32-33-34-35-36-37-38-39-40-41-42-43-45-47-49-51-53-55-57-64(67)73-62(61-72-74(68,69)71-59-58-65)60-70-63(66)56-54-52-50-48-46-44-18-16-14-12-10-8-6-4-2/h10,12,15-18,20-21,23-24,62H,3-9,11,13-14,19,22,25-61,65H2,1-2H3,(H,68,69)/b12-10-,17-15-,18-16-,21-20-,24-23-. The van der Waals surface area contributed by atoms with Gasteiger partial charge in [-0.25, -0.2) is 4.57 Å². The van der Waals surface area contributed by atoms with Crippen molar-refractivity contribution in [2.45, 2.75) is 309 Å². The zero-order valence-electron chi connectivity index (χ0n) is 48.3. The van der Waals surface area contributed by atoms with Crippen molar-refractivity contribution in [2.24, 2.45) is 5.73 Å². The minimum atomic E-state index is -4.39. The Hall–Kier alpha value is -2.29. The van der Waals surface area contributed by atoms with E-state index in [1.165, 1.54) is 193 Å². The van der Waals surface area contributed by atoms with Crippen molar-refractivity contribution in [1.29, 1.82) is 0 Å². The molecular formula is C64H118NO8P. The van der Waals surface area contributed by atoms with Crippen LogP contribution in [0.4, 0.5) is 0 Å². The molecule has 0 aliphatic heterocycles. The number of phosphoric ester groups is 1. The van der Waals surface area contributed by atoms with Gasteiger partial charge in [0.1, 0.15) is 6.61 Å². The molecule has 0 aliphatic carbocycles. The summed E-state index contributed by atoms with van der Waals surface area (Å²) in [6.07, 6.45) is 76.0. The molecule has 0 spiro atoms. The smallest absolute Gasteiger partial charge is 0.462 e. The monoisotopic (exact) mass is 1060 g/mol. The lowest BCUT2D eigenvalue weighted by atomic mass is 10.0. The molecule has 432 valence electrons. The second-order valence-corrected chi connectivity index (χ2v) is 22.4. The third-order valence-corrected chi connectivity index (χ3v) is 14.6. The van der Waals surface area contributed by atoms with Gasteiger partial charge in [-0.15, -0.1) is 0 Å². The first kappa shape index (κ1) is 71.7. The third kappa shape index (κ3) is 59.0. The van der Waals surface area contributed by atoms with Crippen LogP contribution in [0.3, 0.4) is 0 Å². The quantitative estimate of drug-likeness (QED) is 0.0264. The topological polar surface area (TPSA) is 134 Å². The third-order valence-electron chi connectivity index (χ3n) is 13.6. The van der Waals surface area contributed by atoms with Gasteiger partial charge in [0.15, 0.2) is 6.10 Å². The Kier molecular flexibility index (Phi) is 58.1. The van der Waals surface area contributed by atoms with Gasteiger partial charge in [-0.3, -0.25) is 18.6 Å². The van der Waals surface area contributed by atoms with Gasteiger partial charge >= 0.3 is 19.8 Å². The maximum atomic E-state index is 12.7. The highest BCUT2D eigenvalue weighted by atomic mass is 31.2. The van der Waals surface area contributed by atoms with Crippen LogP contribution in [0.5, 0.6) is 0 Å². The number of rotatable bonds is 59. The average Bonchev–Trinajstić information content (AvgIpc) is 3.39. The molecule has 10 heteroatoms. The van der Waals surface area contributed by atoms with Gasteiger partial charge in [-0.1, -0.05) is 274 Å². The van der Waals surface area contributed by atoms with E-state index < -0.39 is 32.5 Å².